The summed E-state index contributed by atoms with van der Waals surface area (Å²) in [5, 5.41) is 2.21. The van der Waals surface area contributed by atoms with Crippen molar-refractivity contribution in [1.82, 2.24) is 0 Å². The zero-order valence-electron chi connectivity index (χ0n) is 37.9. The number of hydrogen-bond donors (Lipinski definition) is 0. The molecule has 8 nitrogen and oxygen atoms in total. The maximum absolute atomic E-state index is 7.28. The summed E-state index contributed by atoms with van der Waals surface area (Å²) in [6, 6.07) is 22.5. The van der Waals surface area contributed by atoms with Gasteiger partial charge in [-0.15, -0.1) is 0 Å². The Morgan fingerprint density at radius 1 is 0.500 bits per heavy atom. The molecule has 0 radical (unpaired) electrons. The minimum atomic E-state index is -0.229. The van der Waals surface area contributed by atoms with Gasteiger partial charge in [0.05, 0.1) is 37.8 Å². The molecular weight excluding hydrogens is 771 g/mol. The second kappa shape index (κ2) is 13.5. The van der Waals surface area contributed by atoms with Crippen molar-refractivity contribution in [2.24, 2.45) is 0 Å². The second-order valence-electron chi connectivity index (χ2n) is 20.0. The van der Waals surface area contributed by atoms with Gasteiger partial charge in [-0.25, -0.2) is 0 Å². The fourth-order valence-corrected chi connectivity index (χ4v) is 10.5. The number of fused-ring (bicyclic) bond motifs is 10. The molecule has 0 saturated heterocycles. The highest BCUT2D eigenvalue weighted by Crippen LogP contribution is 2.53. The van der Waals surface area contributed by atoms with Crippen molar-refractivity contribution in [3.63, 3.8) is 0 Å². The van der Waals surface area contributed by atoms with Crippen LogP contribution in [0.2, 0.25) is 0 Å². The van der Waals surface area contributed by atoms with Gasteiger partial charge in [-0.05, 0) is 127 Å². The second-order valence-corrected chi connectivity index (χ2v) is 20.0. The van der Waals surface area contributed by atoms with E-state index in [1.54, 1.807) is 0 Å². The molecule has 0 fully saturated rings. The van der Waals surface area contributed by atoms with Crippen LogP contribution in [0.4, 0.5) is 34.5 Å². The monoisotopic (exact) mass is 826 g/mol. The van der Waals surface area contributed by atoms with E-state index in [0.717, 1.165) is 131 Å². The third kappa shape index (κ3) is 5.65. The summed E-state index contributed by atoms with van der Waals surface area (Å²) in [5.74, 6) is 4.78. The van der Waals surface area contributed by atoms with Crippen LogP contribution in [0.15, 0.2) is 69.5 Å². The Bertz CT molecular complexity index is 2830. The lowest BCUT2D eigenvalue weighted by atomic mass is 9.33. The predicted molar refractivity (Wildman–Crippen MR) is 252 cm³/mol. The van der Waals surface area contributed by atoms with Crippen molar-refractivity contribution in [1.29, 1.82) is 0 Å². The number of hydrogen-bond acceptors (Lipinski definition) is 8. The molecule has 2 aromatic heterocycles. The van der Waals surface area contributed by atoms with Crippen LogP contribution in [0, 0.1) is 34.6 Å². The summed E-state index contributed by atoms with van der Waals surface area (Å²) in [4.78, 5) is 4.76. The molecule has 9 heteroatoms. The lowest BCUT2D eigenvalue weighted by molar-refractivity contribution is 0.296. The molecule has 0 atom stereocenters. The standard InChI is InChI=1S/C53H55BN2O6/c1-28-22-37-45-38(23-28)56(47-30(3)25-42-49(32(47)5)60-21-13-19-58-42)51-44(36-27-34(53(9,10)11)15-17-40(36)62-51)54(45)43-35-26-33(52(6,7)8)14-16-39(35)61-50(43)55(37)46-29(2)24-41-48(31(46)4)59-20-12-18-57-41/h14-17,22-27H,12-13,18-21H2,1-11H3. The van der Waals surface area contributed by atoms with Gasteiger partial charge in [0.2, 0.25) is 11.8 Å². The Hall–Kier alpha value is -5.96. The molecule has 0 spiro atoms. The lowest BCUT2D eigenvalue weighted by Gasteiger charge is -2.42. The summed E-state index contributed by atoms with van der Waals surface area (Å²) < 4.78 is 40.2. The van der Waals surface area contributed by atoms with E-state index in [1.807, 2.05) is 0 Å². The number of furan rings is 2. The molecule has 4 aliphatic heterocycles. The van der Waals surface area contributed by atoms with E-state index in [-0.39, 0.29) is 17.5 Å². The zero-order chi connectivity index (χ0) is 43.1. The van der Waals surface area contributed by atoms with Crippen molar-refractivity contribution in [3.05, 3.63) is 99.6 Å². The smallest absolute Gasteiger partial charge is 0.262 e. The Morgan fingerprint density at radius 2 is 0.919 bits per heavy atom. The van der Waals surface area contributed by atoms with Gasteiger partial charge in [0.15, 0.2) is 23.0 Å². The van der Waals surface area contributed by atoms with Gasteiger partial charge in [-0.2, -0.15) is 0 Å². The first kappa shape index (κ1) is 38.9. The van der Waals surface area contributed by atoms with Crippen LogP contribution in [0.3, 0.4) is 0 Å². The maximum atomic E-state index is 7.28. The van der Waals surface area contributed by atoms with Gasteiger partial charge >= 0.3 is 0 Å². The molecule has 6 heterocycles. The van der Waals surface area contributed by atoms with E-state index in [1.165, 1.54) is 16.6 Å². The SMILES string of the molecule is Cc1cc2c3c(c1)N(c1c(C)cc4c(c1C)OCCCO4)c1oc4ccc(C(C)(C)C)cc4c1B3c1c(oc3ccc(C(C)(C)C)cc13)N2c1c(C)cc2c(c1C)OCCCO2. The number of benzene rings is 5. The average molecular weight is 827 g/mol. The van der Waals surface area contributed by atoms with Crippen LogP contribution in [0.5, 0.6) is 23.0 Å². The van der Waals surface area contributed by atoms with Gasteiger partial charge in [0, 0.05) is 57.0 Å². The largest absolute Gasteiger partial charge is 0.490 e. The first-order chi connectivity index (χ1) is 29.6. The van der Waals surface area contributed by atoms with E-state index in [0.29, 0.717) is 26.4 Å². The van der Waals surface area contributed by atoms with Crippen molar-refractivity contribution < 1.29 is 27.8 Å². The lowest BCUT2D eigenvalue weighted by Crippen LogP contribution is -2.61. The molecule has 0 aliphatic carbocycles. The fourth-order valence-electron chi connectivity index (χ4n) is 10.5. The number of rotatable bonds is 2. The van der Waals surface area contributed by atoms with Gasteiger partial charge in [-0.3, -0.25) is 9.80 Å². The van der Waals surface area contributed by atoms with Crippen LogP contribution in [-0.4, -0.2) is 33.1 Å². The molecule has 0 bridgehead atoms. The summed E-state index contributed by atoms with van der Waals surface area (Å²) >= 11 is 0. The molecule has 62 heavy (non-hydrogen) atoms. The van der Waals surface area contributed by atoms with Crippen molar-refractivity contribution in [3.8, 4) is 23.0 Å². The number of ether oxygens (including phenoxy) is 4. The Morgan fingerprint density at radius 3 is 1.34 bits per heavy atom. The summed E-state index contributed by atoms with van der Waals surface area (Å²) in [6.45, 7) is 26.8. The molecule has 0 amide bonds. The van der Waals surface area contributed by atoms with Gasteiger partial charge in [-0.1, -0.05) is 53.7 Å². The van der Waals surface area contributed by atoms with Crippen molar-refractivity contribution in [2.45, 2.75) is 99.8 Å². The first-order valence-corrected chi connectivity index (χ1v) is 22.3. The number of aryl methyl sites for hydroxylation is 3. The summed E-state index contributed by atoms with van der Waals surface area (Å²) in [5.41, 5.74) is 17.0. The summed E-state index contributed by atoms with van der Waals surface area (Å²) in [7, 11) is 0. The normalized spacial score (nSPS) is 15.7. The number of nitrogens with zero attached hydrogens (tertiary/aromatic N) is 2. The molecule has 7 aromatic rings. The van der Waals surface area contributed by atoms with Crippen LogP contribution in [0.25, 0.3) is 21.9 Å². The van der Waals surface area contributed by atoms with Crippen LogP contribution < -0.4 is 45.1 Å². The quantitative estimate of drug-likeness (QED) is 0.160. The van der Waals surface area contributed by atoms with E-state index >= 15 is 0 Å². The average Bonchev–Trinajstić information content (AvgIpc) is 3.56. The number of anilines is 6. The third-order valence-electron chi connectivity index (χ3n) is 13.5. The molecule has 5 aromatic carbocycles. The third-order valence-corrected chi connectivity index (χ3v) is 13.5. The molecule has 0 N–H and O–H groups in total. The van der Waals surface area contributed by atoms with Gasteiger partial charge in [0.25, 0.3) is 6.71 Å². The fraction of sp³-hybridized carbons (Fsp3) is 0.358. The van der Waals surface area contributed by atoms with Gasteiger partial charge in [0.1, 0.15) is 11.2 Å². The van der Waals surface area contributed by atoms with Gasteiger partial charge < -0.3 is 27.8 Å². The minimum Gasteiger partial charge on any atom is -0.490 e. The Labute approximate surface area is 364 Å². The highest BCUT2D eigenvalue weighted by atomic mass is 16.5. The maximum Gasteiger partial charge on any atom is 0.262 e. The Kier molecular flexibility index (Phi) is 8.49. The van der Waals surface area contributed by atoms with E-state index in [2.05, 4.69) is 147 Å². The van der Waals surface area contributed by atoms with E-state index in [9.17, 15) is 0 Å². The van der Waals surface area contributed by atoms with Crippen molar-refractivity contribution in [2.75, 3.05) is 36.2 Å². The Balaban J connectivity index is 1.30. The molecule has 4 aliphatic rings. The molecule has 11 rings (SSSR count). The molecule has 316 valence electrons. The molecular formula is C53H55BN2O6. The topological polar surface area (TPSA) is 69.7 Å². The highest BCUT2D eigenvalue weighted by molar-refractivity contribution is 7.02. The molecule has 0 unspecified atom stereocenters. The predicted octanol–water partition coefficient (Wildman–Crippen LogP) is 11.7. The van der Waals surface area contributed by atoms with Crippen LogP contribution >= 0.6 is 0 Å². The van der Waals surface area contributed by atoms with E-state index in [4.69, 9.17) is 27.8 Å². The van der Waals surface area contributed by atoms with E-state index < -0.39 is 0 Å². The van der Waals surface area contributed by atoms with Crippen molar-refractivity contribution >= 4 is 79.6 Å². The summed E-state index contributed by atoms with van der Waals surface area (Å²) in [6.07, 6.45) is 1.66. The first-order valence-electron chi connectivity index (χ1n) is 22.3. The molecule has 0 saturated carbocycles. The zero-order valence-corrected chi connectivity index (χ0v) is 37.9. The highest BCUT2D eigenvalue weighted by Gasteiger charge is 2.50. The minimum absolute atomic E-state index is 0.0843. The van der Waals surface area contributed by atoms with Crippen LogP contribution in [0.1, 0.15) is 93.3 Å². The van der Waals surface area contributed by atoms with Crippen LogP contribution in [-0.2, 0) is 10.8 Å².